The number of benzene rings is 1. The molecule has 2 heterocycles. The van der Waals surface area contributed by atoms with Gasteiger partial charge in [-0.15, -0.1) is 0 Å². The molecule has 1 saturated heterocycles. The Morgan fingerprint density at radius 1 is 1.28 bits per heavy atom. The van der Waals surface area contributed by atoms with Gasteiger partial charge < -0.3 is 14.8 Å². The van der Waals surface area contributed by atoms with Crippen molar-refractivity contribution in [2.24, 2.45) is 5.92 Å². The third-order valence-corrected chi connectivity index (χ3v) is 5.68. The number of halogens is 1. The number of hydrogen-bond donors (Lipinski definition) is 1. The predicted octanol–water partition coefficient (Wildman–Crippen LogP) is 4.88. The van der Waals surface area contributed by atoms with Gasteiger partial charge in [-0.2, -0.15) is 0 Å². The van der Waals surface area contributed by atoms with Crippen LogP contribution in [0.1, 0.15) is 31.2 Å². The second-order valence-electron chi connectivity index (χ2n) is 6.87. The highest BCUT2D eigenvalue weighted by molar-refractivity contribution is 6.35. The van der Waals surface area contributed by atoms with Crippen LogP contribution in [0, 0.1) is 5.92 Å². The molecule has 1 aliphatic carbocycles. The lowest BCUT2D eigenvalue weighted by molar-refractivity contribution is -0.181. The second-order valence-corrected chi connectivity index (χ2v) is 7.23. The number of ether oxygens (including phenoxy) is 2. The summed E-state index contributed by atoms with van der Waals surface area (Å²) < 4.78 is 11.6. The summed E-state index contributed by atoms with van der Waals surface area (Å²) in [5.74, 6) is 0.337. The van der Waals surface area contributed by atoms with Crippen LogP contribution in [0.5, 0.6) is 0 Å². The Hall–Kier alpha value is -1.62. The smallest absolute Gasteiger partial charge is 0.168 e. The Bertz CT molecular complexity index is 777. The Labute approximate surface area is 153 Å². The van der Waals surface area contributed by atoms with Gasteiger partial charge in [0.05, 0.1) is 13.2 Å². The van der Waals surface area contributed by atoms with Gasteiger partial charge in [-0.25, -0.2) is 4.98 Å². The molecule has 2 aromatic rings. The van der Waals surface area contributed by atoms with Gasteiger partial charge in [0, 0.05) is 47.6 Å². The first kappa shape index (κ1) is 16.8. The van der Waals surface area contributed by atoms with Gasteiger partial charge in [0.15, 0.2) is 5.79 Å². The number of fused-ring (bicyclic) bond motifs is 1. The van der Waals surface area contributed by atoms with Gasteiger partial charge in [0.1, 0.15) is 5.15 Å². The van der Waals surface area contributed by atoms with Crippen LogP contribution in [0.2, 0.25) is 5.15 Å². The lowest BCUT2D eigenvalue weighted by atomic mass is 9.85. The van der Waals surface area contributed by atoms with Gasteiger partial charge >= 0.3 is 0 Å². The zero-order valence-corrected chi connectivity index (χ0v) is 15.0. The number of pyridine rings is 1. The van der Waals surface area contributed by atoms with Gasteiger partial charge in [0.2, 0.25) is 0 Å². The van der Waals surface area contributed by atoms with Crippen LogP contribution in [0.3, 0.4) is 0 Å². The summed E-state index contributed by atoms with van der Waals surface area (Å²) in [7, 11) is 0. The molecular weight excluding hydrogens is 336 g/mol. The Morgan fingerprint density at radius 3 is 2.76 bits per heavy atom. The lowest BCUT2D eigenvalue weighted by Crippen LogP contribution is -2.36. The molecule has 1 spiro atoms. The Kier molecular flexibility index (Phi) is 4.67. The zero-order valence-electron chi connectivity index (χ0n) is 14.3. The number of nitrogens with zero attached hydrogens (tertiary/aromatic N) is 1. The molecule has 25 heavy (non-hydrogen) atoms. The number of aromatic nitrogens is 1. The van der Waals surface area contributed by atoms with E-state index in [2.05, 4.69) is 22.9 Å². The number of hydrogen-bond acceptors (Lipinski definition) is 4. The summed E-state index contributed by atoms with van der Waals surface area (Å²) in [4.78, 5) is 4.25. The summed E-state index contributed by atoms with van der Waals surface area (Å²) in [6.07, 6.45) is 7.83. The fraction of sp³-hybridized carbons (Fsp3) is 0.450. The quantitative estimate of drug-likeness (QED) is 0.791. The van der Waals surface area contributed by atoms with E-state index in [1.165, 1.54) is 0 Å². The van der Waals surface area contributed by atoms with Crippen molar-refractivity contribution in [1.29, 1.82) is 0 Å². The van der Waals surface area contributed by atoms with E-state index in [4.69, 9.17) is 21.1 Å². The fourth-order valence-corrected chi connectivity index (χ4v) is 4.17. The van der Waals surface area contributed by atoms with Crippen LogP contribution < -0.4 is 5.32 Å². The molecule has 0 radical (unpaired) electrons. The highest BCUT2D eigenvalue weighted by Gasteiger charge is 2.40. The van der Waals surface area contributed by atoms with Crippen molar-refractivity contribution in [2.75, 3.05) is 25.1 Å². The molecule has 2 aliphatic rings. The van der Waals surface area contributed by atoms with Crippen molar-refractivity contribution in [3.63, 3.8) is 0 Å². The van der Waals surface area contributed by atoms with Crippen molar-refractivity contribution in [3.8, 4) is 0 Å². The SMILES string of the molecule is C=Cc1cnc(Cl)c2cccc(NCC3CCC4(CC3)OCCO4)c12. The summed E-state index contributed by atoms with van der Waals surface area (Å²) >= 11 is 6.28. The molecule has 1 aromatic heterocycles. The van der Waals surface area contributed by atoms with Gasteiger partial charge in [-0.3, -0.25) is 0 Å². The van der Waals surface area contributed by atoms with Crippen LogP contribution >= 0.6 is 11.6 Å². The van der Waals surface area contributed by atoms with Gasteiger partial charge in [-0.1, -0.05) is 36.4 Å². The van der Waals surface area contributed by atoms with E-state index >= 15 is 0 Å². The molecule has 1 aliphatic heterocycles. The van der Waals surface area contributed by atoms with Crippen molar-refractivity contribution < 1.29 is 9.47 Å². The lowest BCUT2D eigenvalue weighted by Gasteiger charge is -2.35. The number of anilines is 1. The molecule has 2 fully saturated rings. The maximum absolute atomic E-state index is 6.28. The standard InChI is InChI=1S/C20H23ClN2O2/c1-2-15-13-23-19(21)16-4-3-5-17(18(15)16)22-12-14-6-8-20(9-7-14)24-10-11-25-20/h2-5,13-14,22H,1,6-12H2. The van der Waals surface area contributed by atoms with E-state index < -0.39 is 0 Å². The van der Waals surface area contributed by atoms with Gasteiger partial charge in [0.25, 0.3) is 0 Å². The molecule has 1 saturated carbocycles. The van der Waals surface area contributed by atoms with Crippen LogP contribution in [-0.2, 0) is 9.47 Å². The fourth-order valence-electron chi connectivity index (χ4n) is 3.96. The molecule has 4 nitrogen and oxygen atoms in total. The molecule has 0 bridgehead atoms. The van der Waals surface area contributed by atoms with E-state index in [0.717, 1.165) is 67.5 Å². The first-order valence-electron chi connectivity index (χ1n) is 8.92. The summed E-state index contributed by atoms with van der Waals surface area (Å²) in [5.41, 5.74) is 2.09. The van der Waals surface area contributed by atoms with E-state index in [-0.39, 0.29) is 5.79 Å². The van der Waals surface area contributed by atoms with Crippen molar-refractivity contribution in [3.05, 3.63) is 41.7 Å². The van der Waals surface area contributed by atoms with Crippen LogP contribution in [0.4, 0.5) is 5.69 Å². The molecule has 1 N–H and O–H groups in total. The topological polar surface area (TPSA) is 43.4 Å². The molecule has 4 rings (SSSR count). The third-order valence-electron chi connectivity index (χ3n) is 5.37. The molecule has 1 aromatic carbocycles. The van der Waals surface area contributed by atoms with Crippen molar-refractivity contribution >= 4 is 34.1 Å². The van der Waals surface area contributed by atoms with Gasteiger partial charge in [-0.05, 0) is 24.8 Å². The Balaban J connectivity index is 1.48. The van der Waals surface area contributed by atoms with Crippen LogP contribution in [-0.4, -0.2) is 30.5 Å². The monoisotopic (exact) mass is 358 g/mol. The molecule has 132 valence electrons. The largest absolute Gasteiger partial charge is 0.384 e. The summed E-state index contributed by atoms with van der Waals surface area (Å²) in [6, 6.07) is 6.11. The van der Waals surface area contributed by atoms with Crippen molar-refractivity contribution in [2.45, 2.75) is 31.5 Å². The van der Waals surface area contributed by atoms with E-state index in [0.29, 0.717) is 11.1 Å². The maximum Gasteiger partial charge on any atom is 0.168 e. The Morgan fingerprint density at radius 2 is 2.04 bits per heavy atom. The average Bonchev–Trinajstić information content (AvgIpc) is 3.10. The zero-order chi connectivity index (χ0) is 17.3. The van der Waals surface area contributed by atoms with Crippen LogP contribution in [0.25, 0.3) is 16.8 Å². The van der Waals surface area contributed by atoms with E-state index in [1.807, 2.05) is 18.2 Å². The summed E-state index contributed by atoms with van der Waals surface area (Å²) in [5, 5.41) is 6.20. The normalized spacial score (nSPS) is 20.2. The molecule has 0 amide bonds. The van der Waals surface area contributed by atoms with Crippen molar-refractivity contribution in [1.82, 2.24) is 4.98 Å². The maximum atomic E-state index is 6.28. The second kappa shape index (κ2) is 6.94. The van der Waals surface area contributed by atoms with E-state index in [9.17, 15) is 0 Å². The molecular formula is C20H23ClN2O2. The minimum Gasteiger partial charge on any atom is -0.384 e. The van der Waals surface area contributed by atoms with Crippen LogP contribution in [0.15, 0.2) is 31.0 Å². The minimum absolute atomic E-state index is 0.287. The highest BCUT2D eigenvalue weighted by Crippen LogP contribution is 2.39. The summed E-state index contributed by atoms with van der Waals surface area (Å²) in [6.45, 7) is 6.31. The molecule has 5 heteroatoms. The molecule has 0 unspecified atom stereocenters. The number of nitrogens with one attached hydrogen (secondary N) is 1. The highest BCUT2D eigenvalue weighted by atomic mass is 35.5. The van der Waals surface area contributed by atoms with E-state index in [1.54, 1.807) is 6.20 Å². The first-order valence-corrected chi connectivity index (χ1v) is 9.30. The predicted molar refractivity (Wildman–Crippen MR) is 102 cm³/mol. The number of rotatable bonds is 4. The minimum atomic E-state index is -0.287. The third kappa shape index (κ3) is 3.26. The first-order chi connectivity index (χ1) is 12.2. The molecule has 0 atom stereocenters. The average molecular weight is 359 g/mol.